The largest absolute Gasteiger partial charge is 0.444 e. The lowest BCUT2D eigenvalue weighted by Crippen LogP contribution is -2.43. The molecule has 1 aliphatic rings. The molecular weight excluding hydrogens is 324 g/mol. The SMILES string of the molecule is CC(C)N(Cc1ccc(Cl)cc1)C1CCN(C(=O)OC(C)(C)C)C1. The van der Waals surface area contributed by atoms with Crippen LogP contribution in [0, 0.1) is 0 Å². The van der Waals surface area contributed by atoms with E-state index in [0.717, 1.165) is 31.1 Å². The number of halogens is 1. The summed E-state index contributed by atoms with van der Waals surface area (Å²) in [7, 11) is 0. The number of likely N-dealkylation sites (tertiary alicyclic amines) is 1. The van der Waals surface area contributed by atoms with Crippen LogP contribution in [-0.4, -0.2) is 46.7 Å². The first kappa shape index (κ1) is 19.1. The number of nitrogens with zero attached hydrogens (tertiary/aromatic N) is 2. The fraction of sp³-hybridized carbons (Fsp3) is 0.632. The highest BCUT2D eigenvalue weighted by atomic mass is 35.5. The molecule has 1 aromatic carbocycles. The van der Waals surface area contributed by atoms with E-state index in [-0.39, 0.29) is 6.09 Å². The molecule has 1 atom stereocenters. The Labute approximate surface area is 150 Å². The Bertz CT molecular complexity index is 551. The molecule has 5 heteroatoms. The van der Waals surface area contributed by atoms with Crippen molar-refractivity contribution in [2.24, 2.45) is 0 Å². The maximum atomic E-state index is 12.3. The van der Waals surface area contributed by atoms with Crippen molar-refractivity contribution in [2.75, 3.05) is 13.1 Å². The molecule has 2 rings (SSSR count). The van der Waals surface area contributed by atoms with E-state index in [9.17, 15) is 4.79 Å². The van der Waals surface area contributed by atoms with Crippen LogP contribution in [0.3, 0.4) is 0 Å². The Balaban J connectivity index is 1.99. The maximum absolute atomic E-state index is 12.3. The summed E-state index contributed by atoms with van der Waals surface area (Å²) in [6.45, 7) is 12.4. The highest BCUT2D eigenvalue weighted by Crippen LogP contribution is 2.23. The van der Waals surface area contributed by atoms with E-state index in [2.05, 4.69) is 30.9 Å². The number of rotatable bonds is 4. The van der Waals surface area contributed by atoms with Crippen molar-refractivity contribution in [1.29, 1.82) is 0 Å². The number of carbonyl (C=O) groups excluding carboxylic acids is 1. The first-order chi connectivity index (χ1) is 11.2. The Kier molecular flexibility index (Phi) is 6.16. The van der Waals surface area contributed by atoms with Gasteiger partial charge in [-0.25, -0.2) is 4.79 Å². The quantitative estimate of drug-likeness (QED) is 0.796. The third-order valence-corrected chi connectivity index (χ3v) is 4.48. The minimum absolute atomic E-state index is 0.208. The number of benzene rings is 1. The molecule has 1 aliphatic heterocycles. The first-order valence-corrected chi connectivity index (χ1v) is 9.01. The van der Waals surface area contributed by atoms with Gasteiger partial charge in [0.15, 0.2) is 0 Å². The Morgan fingerprint density at radius 2 is 1.96 bits per heavy atom. The Morgan fingerprint density at radius 3 is 2.50 bits per heavy atom. The van der Waals surface area contributed by atoms with E-state index in [1.54, 1.807) is 0 Å². The number of carbonyl (C=O) groups is 1. The van der Waals surface area contributed by atoms with Crippen LogP contribution in [0.15, 0.2) is 24.3 Å². The average molecular weight is 353 g/mol. The summed E-state index contributed by atoms with van der Waals surface area (Å²) in [6.07, 6.45) is 0.769. The van der Waals surface area contributed by atoms with Crippen molar-refractivity contribution in [3.05, 3.63) is 34.9 Å². The van der Waals surface area contributed by atoms with Gasteiger partial charge in [0.2, 0.25) is 0 Å². The minimum atomic E-state index is -0.448. The van der Waals surface area contributed by atoms with Gasteiger partial charge in [0.1, 0.15) is 5.60 Å². The molecule has 0 N–H and O–H groups in total. The van der Waals surface area contributed by atoms with Crippen LogP contribution in [0.25, 0.3) is 0 Å². The van der Waals surface area contributed by atoms with Crippen LogP contribution in [0.1, 0.15) is 46.6 Å². The molecule has 1 aromatic rings. The molecule has 0 bridgehead atoms. The van der Waals surface area contributed by atoms with Gasteiger partial charge in [0.05, 0.1) is 0 Å². The van der Waals surface area contributed by atoms with Gasteiger partial charge in [-0.2, -0.15) is 0 Å². The minimum Gasteiger partial charge on any atom is -0.444 e. The molecule has 0 aliphatic carbocycles. The first-order valence-electron chi connectivity index (χ1n) is 8.64. The zero-order valence-electron chi connectivity index (χ0n) is 15.4. The third-order valence-electron chi connectivity index (χ3n) is 4.23. The predicted molar refractivity (Wildman–Crippen MR) is 98.3 cm³/mol. The normalized spacial score (nSPS) is 18.5. The maximum Gasteiger partial charge on any atom is 0.410 e. The predicted octanol–water partition coefficient (Wildman–Crippen LogP) is 4.56. The van der Waals surface area contributed by atoms with Crippen LogP contribution in [0.5, 0.6) is 0 Å². The highest BCUT2D eigenvalue weighted by Gasteiger charge is 2.33. The van der Waals surface area contributed by atoms with Gasteiger partial charge >= 0.3 is 6.09 Å². The molecule has 1 fully saturated rings. The van der Waals surface area contributed by atoms with Crippen molar-refractivity contribution in [2.45, 2.75) is 65.3 Å². The third kappa shape index (κ3) is 5.38. The molecule has 0 saturated carbocycles. The zero-order chi connectivity index (χ0) is 17.9. The molecular formula is C19H29ClN2O2. The van der Waals surface area contributed by atoms with E-state index >= 15 is 0 Å². The second kappa shape index (κ2) is 7.75. The van der Waals surface area contributed by atoms with Crippen molar-refractivity contribution in [3.8, 4) is 0 Å². The topological polar surface area (TPSA) is 32.8 Å². The highest BCUT2D eigenvalue weighted by molar-refractivity contribution is 6.30. The summed E-state index contributed by atoms with van der Waals surface area (Å²) in [5.41, 5.74) is 0.791. The summed E-state index contributed by atoms with van der Waals surface area (Å²) >= 11 is 5.97. The standard InChI is InChI=1S/C19H29ClN2O2/c1-14(2)22(12-15-6-8-16(20)9-7-15)17-10-11-21(13-17)18(23)24-19(3,4)5/h6-9,14,17H,10-13H2,1-5H3. The summed E-state index contributed by atoms with van der Waals surface area (Å²) in [5.74, 6) is 0. The van der Waals surface area contributed by atoms with Crippen molar-refractivity contribution >= 4 is 17.7 Å². The van der Waals surface area contributed by atoms with Gasteiger partial charge in [-0.3, -0.25) is 4.90 Å². The lowest BCUT2D eigenvalue weighted by molar-refractivity contribution is 0.0273. The second-order valence-corrected chi connectivity index (χ2v) is 8.20. The molecule has 1 saturated heterocycles. The van der Waals surface area contributed by atoms with Crippen molar-refractivity contribution in [3.63, 3.8) is 0 Å². The Hall–Kier alpha value is -1.26. The molecule has 4 nitrogen and oxygen atoms in total. The molecule has 24 heavy (non-hydrogen) atoms. The lowest BCUT2D eigenvalue weighted by atomic mass is 10.1. The van der Waals surface area contributed by atoms with E-state index in [1.165, 1.54) is 5.56 Å². The Morgan fingerprint density at radius 1 is 1.33 bits per heavy atom. The van der Waals surface area contributed by atoms with Crippen LogP contribution < -0.4 is 0 Å². The van der Waals surface area contributed by atoms with Crippen molar-refractivity contribution < 1.29 is 9.53 Å². The van der Waals surface area contributed by atoms with Gasteiger partial charge in [0.25, 0.3) is 0 Å². The number of hydrogen-bond donors (Lipinski definition) is 0. The van der Waals surface area contributed by atoms with Gasteiger partial charge in [0, 0.05) is 36.7 Å². The fourth-order valence-electron chi connectivity index (χ4n) is 3.04. The summed E-state index contributed by atoms with van der Waals surface area (Å²) < 4.78 is 5.50. The van der Waals surface area contributed by atoms with Gasteiger partial charge in [-0.15, -0.1) is 0 Å². The van der Waals surface area contributed by atoms with Gasteiger partial charge in [-0.05, 0) is 58.7 Å². The number of amides is 1. The summed E-state index contributed by atoms with van der Waals surface area (Å²) in [4.78, 5) is 16.5. The van der Waals surface area contributed by atoms with Crippen LogP contribution >= 0.6 is 11.6 Å². The molecule has 0 aromatic heterocycles. The fourth-order valence-corrected chi connectivity index (χ4v) is 3.16. The smallest absolute Gasteiger partial charge is 0.410 e. The summed E-state index contributed by atoms with van der Waals surface area (Å²) in [6, 6.07) is 8.75. The monoisotopic (exact) mass is 352 g/mol. The van der Waals surface area contributed by atoms with E-state index in [0.29, 0.717) is 12.1 Å². The number of hydrogen-bond acceptors (Lipinski definition) is 3. The van der Waals surface area contributed by atoms with E-state index < -0.39 is 5.60 Å². The van der Waals surface area contributed by atoms with E-state index in [4.69, 9.17) is 16.3 Å². The van der Waals surface area contributed by atoms with Crippen molar-refractivity contribution in [1.82, 2.24) is 9.80 Å². The molecule has 1 unspecified atom stereocenters. The van der Waals surface area contributed by atoms with E-state index in [1.807, 2.05) is 37.8 Å². The molecule has 0 spiro atoms. The van der Waals surface area contributed by atoms with Gasteiger partial charge < -0.3 is 9.64 Å². The van der Waals surface area contributed by atoms with Gasteiger partial charge in [-0.1, -0.05) is 23.7 Å². The zero-order valence-corrected chi connectivity index (χ0v) is 16.1. The van der Waals surface area contributed by atoms with Crippen LogP contribution in [0.2, 0.25) is 5.02 Å². The molecule has 0 radical (unpaired) electrons. The average Bonchev–Trinajstić information content (AvgIpc) is 2.94. The molecule has 134 valence electrons. The molecule has 1 amide bonds. The summed E-state index contributed by atoms with van der Waals surface area (Å²) in [5, 5.41) is 0.756. The lowest BCUT2D eigenvalue weighted by Gasteiger charge is -2.33. The molecule has 1 heterocycles. The van der Waals surface area contributed by atoms with Crippen LogP contribution in [-0.2, 0) is 11.3 Å². The van der Waals surface area contributed by atoms with Crippen LogP contribution in [0.4, 0.5) is 4.79 Å². The number of ether oxygens (including phenoxy) is 1. The second-order valence-electron chi connectivity index (χ2n) is 7.76.